The standard InChI is InChI=1S/C9H15F3.C8H15F.C8H16.2C6H11F3.C6H14.C5H9F3.2C5H12.C4H10.CH4/c1-7-3-5-8(2,6-4-7)9(10,11)12;1-7-3-5-8(2,9)6-4-7;1-7-3-5-8(2)6-4-7;1-4-5(2,3)6(7,8)9;1-3-4-5(2)6(7,8)9;1-5-6(2,3)4;1-3-4(2)5(6,7)8;1-4-5(2)3;1-3-5-4-2;1-3-4-2;/h7H,3-6H2,1-2H3;7H,3-6H2,1-2H3;7-8H,3-6H2,1-2H3;4H2,1-3H3;5H,3-4H2,1-2H3;5H2,1-4H3;4H,3H2,1-2H3;5H,4H2,1-3H3;3-5H2,1-2H3;3-4H2,1-2H3;1H4/i3*7D;4D2;3D2;5D2;3D2;4D2;2*3D2;. The topological polar surface area (TPSA) is 0 Å². The van der Waals surface area contributed by atoms with Gasteiger partial charge < -0.3 is 0 Å². The smallest absolute Gasteiger partial charge is 0.244 e. The molecule has 3 saturated carbocycles. The van der Waals surface area contributed by atoms with Crippen molar-refractivity contribution < 1.29 is 80.4 Å². The van der Waals surface area contributed by atoms with E-state index < -0.39 is 110 Å². The molecule has 0 bridgehead atoms. The molecule has 76 heavy (non-hydrogen) atoms. The van der Waals surface area contributed by atoms with Crippen molar-refractivity contribution in [3.8, 4) is 0 Å². The van der Waals surface area contributed by atoms with Crippen molar-refractivity contribution in [2.24, 2.45) is 57.6 Å². The summed E-state index contributed by atoms with van der Waals surface area (Å²) in [5, 5.41) is 0. The molecule has 3 rings (SSSR count). The van der Waals surface area contributed by atoms with Crippen molar-refractivity contribution in [3.05, 3.63) is 0 Å². The first-order chi connectivity index (χ1) is 39.3. The maximum absolute atomic E-state index is 13.1. The van der Waals surface area contributed by atoms with Gasteiger partial charge in [-0.15, -0.1) is 0 Å². The second-order valence-corrected chi connectivity index (χ2v) is 22.2. The number of hydrogen-bond donors (Lipinski definition) is 0. The summed E-state index contributed by atoms with van der Waals surface area (Å²) in [6.07, 6.45) is -17.5. The molecule has 0 N–H and O–H groups in total. The average molecular weight is 1150 g/mol. The highest BCUT2D eigenvalue weighted by Crippen LogP contribution is 2.49. The van der Waals surface area contributed by atoms with Gasteiger partial charge in [0, 0.05) is 23.3 Å². The number of rotatable bonds is 8. The van der Waals surface area contributed by atoms with Gasteiger partial charge in [0.05, 0.1) is 22.7 Å². The first-order valence-corrected chi connectivity index (χ1v) is 26.7. The third-order valence-corrected chi connectivity index (χ3v) is 12.7. The molecule has 3 aliphatic carbocycles. The molecule has 0 radical (unpaired) electrons. The van der Waals surface area contributed by atoms with Crippen LogP contribution < -0.4 is 0 Å². The Bertz CT molecular complexity index is 1810. The van der Waals surface area contributed by atoms with Gasteiger partial charge in [-0.05, 0) is 112 Å². The van der Waals surface area contributed by atoms with E-state index in [0.717, 1.165) is 73.6 Å². The molecule has 3 fully saturated rings. The largest absolute Gasteiger partial charge is 0.394 e. The summed E-state index contributed by atoms with van der Waals surface area (Å²) in [5.74, 6) is -3.55. The molecule has 2 atom stereocenters. The van der Waals surface area contributed by atoms with E-state index in [4.69, 9.17) is 23.3 Å². The molecule has 3 aliphatic rings. The van der Waals surface area contributed by atoms with Gasteiger partial charge in [0.2, 0.25) is 0 Å². The van der Waals surface area contributed by atoms with Crippen LogP contribution >= 0.6 is 0 Å². The van der Waals surface area contributed by atoms with E-state index in [2.05, 4.69) is 13.8 Å². The van der Waals surface area contributed by atoms with Gasteiger partial charge in [-0.3, -0.25) is 0 Å². The third kappa shape index (κ3) is 60.7. The summed E-state index contributed by atoms with van der Waals surface area (Å²) < 4.78 is 278. The monoisotopic (exact) mass is 1150 g/mol. The summed E-state index contributed by atoms with van der Waals surface area (Å²) in [6, 6.07) is 0. The Morgan fingerprint density at radius 2 is 0.829 bits per heavy atom. The Labute approximate surface area is 488 Å². The normalized spacial score (nSPS) is 30.8. The van der Waals surface area contributed by atoms with Crippen LogP contribution in [0.25, 0.3) is 0 Å². The number of alkyl halides is 13. The summed E-state index contributed by atoms with van der Waals surface area (Å²) in [5.41, 5.74) is -5.05. The van der Waals surface area contributed by atoms with Gasteiger partial charge in [-0.2, -0.15) is 52.7 Å². The fraction of sp³-hybridized carbons (Fsp3) is 1.00. The van der Waals surface area contributed by atoms with Crippen molar-refractivity contribution in [3.63, 3.8) is 0 Å². The average Bonchev–Trinajstić information content (AvgIpc) is 0.884. The van der Waals surface area contributed by atoms with Crippen molar-refractivity contribution in [2.45, 2.75) is 351 Å². The highest BCUT2D eigenvalue weighted by molar-refractivity contribution is 4.86. The minimum absolute atomic E-state index is 0. The molecule has 0 saturated heterocycles. The van der Waals surface area contributed by atoms with E-state index in [0.29, 0.717) is 51.4 Å². The summed E-state index contributed by atoms with van der Waals surface area (Å²) in [6.45, 7) is 37.0. The molecule has 0 spiro atoms. The maximum Gasteiger partial charge on any atom is 0.394 e. The lowest BCUT2D eigenvalue weighted by Crippen LogP contribution is -2.38. The minimum Gasteiger partial charge on any atom is -0.244 e. The lowest BCUT2D eigenvalue weighted by atomic mass is 9.72. The van der Waals surface area contributed by atoms with E-state index in [9.17, 15) is 57.1 Å². The van der Waals surface area contributed by atoms with Crippen molar-refractivity contribution in [2.75, 3.05) is 0 Å². The molecular formula is C63H129F13. The van der Waals surface area contributed by atoms with E-state index in [-0.39, 0.29) is 43.4 Å². The van der Waals surface area contributed by atoms with Crippen LogP contribution in [-0.2, 0) is 0 Å². The zero-order valence-electron chi connectivity index (χ0n) is 68.5. The molecule has 472 valence electrons. The predicted octanol–water partition coefficient (Wildman–Crippen LogP) is 27.2. The second kappa shape index (κ2) is 47.7. The van der Waals surface area contributed by atoms with Crippen LogP contribution in [0.2, 0.25) is 0 Å². The first-order valence-electron chi connectivity index (χ1n) is 35.2. The molecule has 13 heteroatoms. The number of hydrogen-bond acceptors (Lipinski definition) is 0. The third-order valence-electron chi connectivity index (χ3n) is 12.7. The van der Waals surface area contributed by atoms with E-state index >= 15 is 0 Å². The van der Waals surface area contributed by atoms with E-state index in [1.165, 1.54) is 19.8 Å². The van der Waals surface area contributed by atoms with Gasteiger partial charge in [-0.1, -0.05) is 243 Å². The van der Waals surface area contributed by atoms with Gasteiger partial charge in [0.25, 0.3) is 0 Å². The molecule has 0 heterocycles. The molecule has 0 aromatic heterocycles. The van der Waals surface area contributed by atoms with Crippen LogP contribution in [0.15, 0.2) is 0 Å². The van der Waals surface area contributed by atoms with Crippen LogP contribution in [-0.4, -0.2) is 30.4 Å². The summed E-state index contributed by atoms with van der Waals surface area (Å²) in [7, 11) is 0. The van der Waals surface area contributed by atoms with Crippen LogP contribution in [0.4, 0.5) is 57.1 Å². The Balaban J connectivity index is -0.000000145. The molecule has 2 unspecified atom stereocenters. The maximum atomic E-state index is 13.1. The quantitative estimate of drug-likeness (QED) is 0.213. The van der Waals surface area contributed by atoms with Crippen LogP contribution in [0.1, 0.15) is 344 Å². The molecule has 0 aliphatic heterocycles. The first kappa shape index (κ1) is 58.3. The van der Waals surface area contributed by atoms with Crippen LogP contribution in [0.5, 0.6) is 0 Å². The SMILES string of the molecule is C.[2H]C([2H])(C)C(C)(C)C.[2H]C([2H])(C)C(C)(C)C(F)(F)F.[2H]C([2H])(C)C(C)C.[2H]C([2H])(C)C(C)C(F)(F)F.[2H]C([2H])(C)CC.[2H]C([2H])(C)CC(C)C(F)(F)F.[2H]C([2H])(C)CCC.[2H]C1(C)CCC(C)(C(F)(F)F)CC1.[2H]C1(C)CCC(C)(F)CC1.[2H]C1(C)CCC(C)CC1. The lowest BCUT2D eigenvalue weighted by Gasteiger charge is -2.37. The molecule has 0 aromatic carbocycles. The Hall–Kier alpha value is -0.910. The van der Waals surface area contributed by atoms with Crippen LogP contribution in [0.3, 0.4) is 0 Å². The highest BCUT2D eigenvalue weighted by Gasteiger charge is 2.51. The fourth-order valence-corrected chi connectivity index (χ4v) is 4.94. The molecule has 0 aromatic rings. The van der Waals surface area contributed by atoms with Gasteiger partial charge in [0.1, 0.15) is 5.67 Å². The molecule has 0 amide bonds. The van der Waals surface area contributed by atoms with Crippen molar-refractivity contribution >= 4 is 0 Å². The van der Waals surface area contributed by atoms with Crippen LogP contribution in [0, 0.1) is 57.6 Å². The van der Waals surface area contributed by atoms with Crippen molar-refractivity contribution in [1.82, 2.24) is 0 Å². The highest BCUT2D eigenvalue weighted by atomic mass is 19.4. The van der Waals surface area contributed by atoms with Gasteiger partial charge in [-0.25, -0.2) is 4.39 Å². The minimum atomic E-state index is -4.49. The van der Waals surface area contributed by atoms with E-state index in [1.807, 2.05) is 55.4 Å². The van der Waals surface area contributed by atoms with Gasteiger partial charge >= 0.3 is 24.7 Å². The second-order valence-electron chi connectivity index (χ2n) is 22.2. The Morgan fingerprint density at radius 1 is 0.500 bits per heavy atom. The predicted molar refractivity (Wildman–Crippen MR) is 309 cm³/mol. The lowest BCUT2D eigenvalue weighted by molar-refractivity contribution is -0.229. The zero-order chi connectivity index (χ0) is 76.6. The Kier molecular flexibility index (Phi) is 36.6. The van der Waals surface area contributed by atoms with E-state index in [1.54, 1.807) is 41.5 Å². The zero-order valence-corrected chi connectivity index (χ0v) is 51.5. The summed E-state index contributed by atoms with van der Waals surface area (Å²) in [4.78, 5) is 0. The fourth-order valence-electron chi connectivity index (χ4n) is 4.94. The molecule has 0 nitrogen and oxygen atoms in total. The van der Waals surface area contributed by atoms with Crippen molar-refractivity contribution in [1.29, 1.82) is 0 Å². The summed E-state index contributed by atoms with van der Waals surface area (Å²) >= 11 is 0. The van der Waals surface area contributed by atoms with Gasteiger partial charge in [0.15, 0.2) is 0 Å². The number of halogens is 13. The Morgan fingerprint density at radius 3 is 0.961 bits per heavy atom. The molecular weight excluding hydrogens is 1000 g/mol.